The van der Waals surface area contributed by atoms with Crippen molar-refractivity contribution in [2.24, 2.45) is 21.8 Å². The fourth-order valence-corrected chi connectivity index (χ4v) is 5.56. The van der Waals surface area contributed by atoms with Crippen molar-refractivity contribution >= 4 is 11.8 Å². The van der Waals surface area contributed by atoms with Gasteiger partial charge in [-0.25, -0.2) is 9.98 Å². The van der Waals surface area contributed by atoms with Crippen LogP contribution in [0.4, 0.5) is 0 Å². The first-order chi connectivity index (χ1) is 18.7. The molecule has 0 spiro atoms. The van der Waals surface area contributed by atoms with Crippen molar-refractivity contribution in [3.05, 3.63) is 119 Å². The van der Waals surface area contributed by atoms with Gasteiger partial charge in [0.25, 0.3) is 0 Å². The maximum atomic E-state index is 11.3. The summed E-state index contributed by atoms with van der Waals surface area (Å²) in [7, 11) is 0. The van der Waals surface area contributed by atoms with E-state index in [1.54, 1.807) is 0 Å². The molecule has 0 bridgehead atoms. The molecule has 2 aliphatic carbocycles. The summed E-state index contributed by atoms with van der Waals surface area (Å²) in [5.41, 5.74) is 4.04. The molecule has 6 nitrogen and oxygen atoms in total. The van der Waals surface area contributed by atoms with Crippen LogP contribution >= 0.6 is 0 Å². The molecule has 38 heavy (non-hydrogen) atoms. The van der Waals surface area contributed by atoms with E-state index >= 15 is 0 Å². The van der Waals surface area contributed by atoms with Crippen molar-refractivity contribution in [2.45, 2.75) is 37.1 Å². The lowest BCUT2D eigenvalue weighted by Crippen LogP contribution is -2.40. The number of hydrogen-bond donors (Lipinski definition) is 2. The van der Waals surface area contributed by atoms with Crippen LogP contribution in [0.25, 0.3) is 0 Å². The largest absolute Gasteiger partial charge is 0.475 e. The molecule has 0 amide bonds. The van der Waals surface area contributed by atoms with Crippen molar-refractivity contribution < 1.29 is 19.7 Å². The molecular weight excluding hydrogens is 476 g/mol. The van der Waals surface area contributed by atoms with E-state index in [1.165, 1.54) is 11.1 Å². The number of nitrogens with zero attached hydrogens (tertiary/aromatic N) is 2. The Hall–Kier alpha value is -3.74. The highest BCUT2D eigenvalue weighted by Gasteiger charge is 2.40. The lowest BCUT2D eigenvalue weighted by atomic mass is 9.84. The van der Waals surface area contributed by atoms with Crippen LogP contribution in [0.5, 0.6) is 0 Å². The van der Waals surface area contributed by atoms with Crippen LogP contribution in [0.3, 0.4) is 0 Å². The minimum Gasteiger partial charge on any atom is -0.475 e. The van der Waals surface area contributed by atoms with Crippen molar-refractivity contribution in [2.75, 3.05) is 13.2 Å². The fraction of sp³-hybridized carbons (Fsp3) is 0.312. The van der Waals surface area contributed by atoms with Gasteiger partial charge in [0.1, 0.15) is 13.2 Å². The second kappa shape index (κ2) is 10.9. The standard InChI is InChI=1S/C32H32N2O4/c35-29(25-13-7-15-27(25)31-33-23(19-37-31)17-21-9-3-1-4-10-21)30(36)26-14-8-16-28(26)32-34-24(20-38-32)18-22-11-5-2-6-12-22/h1-16,23-26,29-30,35-36H,17-20H2/t23-,24-,25?,26?,29+,30+/m0/s1. The third-order valence-electron chi connectivity index (χ3n) is 7.54. The maximum Gasteiger partial charge on any atom is 0.213 e. The number of ether oxygens (including phenoxy) is 2. The highest BCUT2D eigenvalue weighted by Crippen LogP contribution is 2.35. The molecule has 6 heteroatoms. The summed E-state index contributed by atoms with van der Waals surface area (Å²) < 4.78 is 11.9. The highest BCUT2D eigenvalue weighted by atomic mass is 16.5. The molecule has 2 heterocycles. The summed E-state index contributed by atoms with van der Waals surface area (Å²) >= 11 is 0. The Bertz CT molecular complexity index is 1220. The molecule has 0 fully saturated rings. The number of benzene rings is 2. The van der Waals surface area contributed by atoms with Crippen LogP contribution < -0.4 is 0 Å². The molecule has 2 aromatic rings. The molecule has 2 aromatic carbocycles. The van der Waals surface area contributed by atoms with Crippen LogP contribution in [-0.2, 0) is 22.3 Å². The van der Waals surface area contributed by atoms with Crippen LogP contribution in [0.2, 0.25) is 0 Å². The molecule has 2 aliphatic heterocycles. The minimum atomic E-state index is -1.04. The Kier molecular flexibility index (Phi) is 7.08. The Morgan fingerprint density at radius 1 is 0.658 bits per heavy atom. The van der Waals surface area contributed by atoms with Gasteiger partial charge in [-0.2, -0.15) is 0 Å². The van der Waals surface area contributed by atoms with E-state index < -0.39 is 24.0 Å². The van der Waals surface area contributed by atoms with Gasteiger partial charge >= 0.3 is 0 Å². The average molecular weight is 509 g/mol. The van der Waals surface area contributed by atoms with Crippen molar-refractivity contribution in [3.8, 4) is 0 Å². The highest BCUT2D eigenvalue weighted by molar-refractivity contribution is 5.97. The molecular formula is C32H32N2O4. The van der Waals surface area contributed by atoms with Gasteiger partial charge < -0.3 is 19.7 Å². The summed E-state index contributed by atoms with van der Waals surface area (Å²) in [6.07, 6.45) is 11.0. The normalized spacial score (nSPS) is 27.3. The third-order valence-corrected chi connectivity index (χ3v) is 7.54. The number of allylic oxidation sites excluding steroid dienone is 4. The van der Waals surface area contributed by atoms with Gasteiger partial charge in [-0.1, -0.05) is 97.1 Å². The topological polar surface area (TPSA) is 83.6 Å². The number of aliphatic hydroxyl groups is 2. The second-order valence-corrected chi connectivity index (χ2v) is 10.2. The van der Waals surface area contributed by atoms with E-state index in [2.05, 4.69) is 24.3 Å². The monoisotopic (exact) mass is 508 g/mol. The Morgan fingerprint density at radius 2 is 1.08 bits per heavy atom. The molecule has 194 valence electrons. The summed E-state index contributed by atoms with van der Waals surface area (Å²) in [6.45, 7) is 1.01. The average Bonchev–Trinajstić information content (AvgIpc) is 3.76. The SMILES string of the molecule is O[C@H](C1C=CC=C1C1=N[C@@H](Cc2ccccc2)CO1)[C@H](O)C1C=CC=C1C1=N[C@@H](Cc2ccccc2)CO1. The minimum absolute atomic E-state index is 0.0327. The molecule has 2 N–H and O–H groups in total. The van der Waals surface area contributed by atoms with Crippen LogP contribution in [0.15, 0.2) is 118 Å². The van der Waals surface area contributed by atoms with E-state index in [9.17, 15) is 10.2 Å². The second-order valence-electron chi connectivity index (χ2n) is 10.2. The number of aliphatic imine (C=N–C) groups is 2. The predicted octanol–water partition coefficient (Wildman–Crippen LogP) is 4.01. The van der Waals surface area contributed by atoms with E-state index in [0.29, 0.717) is 25.0 Å². The summed E-state index contributed by atoms with van der Waals surface area (Å²) in [4.78, 5) is 9.61. The molecule has 0 saturated heterocycles. The molecule has 6 atom stereocenters. The van der Waals surface area contributed by atoms with Crippen LogP contribution in [0, 0.1) is 11.8 Å². The summed E-state index contributed by atoms with van der Waals surface area (Å²) in [6, 6.07) is 20.6. The Morgan fingerprint density at radius 3 is 1.50 bits per heavy atom. The van der Waals surface area contributed by atoms with E-state index in [0.717, 1.165) is 24.0 Å². The molecule has 0 saturated carbocycles. The van der Waals surface area contributed by atoms with E-state index in [4.69, 9.17) is 19.5 Å². The molecule has 4 aliphatic rings. The fourth-order valence-electron chi connectivity index (χ4n) is 5.56. The first-order valence-electron chi connectivity index (χ1n) is 13.3. The summed E-state index contributed by atoms with van der Waals surface area (Å²) in [5.74, 6) is 0.285. The van der Waals surface area contributed by atoms with E-state index in [1.807, 2.05) is 72.9 Å². The number of rotatable bonds is 9. The molecule has 6 rings (SSSR count). The predicted molar refractivity (Wildman–Crippen MR) is 148 cm³/mol. The maximum absolute atomic E-state index is 11.3. The lowest BCUT2D eigenvalue weighted by molar-refractivity contribution is -0.0110. The zero-order valence-electron chi connectivity index (χ0n) is 21.1. The zero-order valence-corrected chi connectivity index (χ0v) is 21.1. The molecule has 2 unspecified atom stereocenters. The zero-order chi connectivity index (χ0) is 25.9. The van der Waals surface area contributed by atoms with Gasteiger partial charge in [0.15, 0.2) is 0 Å². The number of aliphatic hydroxyl groups excluding tert-OH is 2. The molecule has 0 radical (unpaired) electrons. The quantitative estimate of drug-likeness (QED) is 0.536. The van der Waals surface area contributed by atoms with Gasteiger partial charge in [-0.05, 0) is 24.0 Å². The molecule has 0 aromatic heterocycles. The first-order valence-corrected chi connectivity index (χ1v) is 13.3. The Balaban J connectivity index is 1.11. The smallest absolute Gasteiger partial charge is 0.213 e. The first kappa shape index (κ1) is 24.6. The van der Waals surface area contributed by atoms with Gasteiger partial charge in [-0.3, -0.25) is 0 Å². The van der Waals surface area contributed by atoms with Crippen molar-refractivity contribution in [1.82, 2.24) is 0 Å². The van der Waals surface area contributed by atoms with Crippen LogP contribution in [0.1, 0.15) is 11.1 Å². The van der Waals surface area contributed by atoms with Gasteiger partial charge in [-0.15, -0.1) is 0 Å². The van der Waals surface area contributed by atoms with Gasteiger partial charge in [0, 0.05) is 23.0 Å². The van der Waals surface area contributed by atoms with Crippen molar-refractivity contribution in [3.63, 3.8) is 0 Å². The Labute approximate surface area is 223 Å². The number of hydrogen-bond acceptors (Lipinski definition) is 6. The van der Waals surface area contributed by atoms with E-state index in [-0.39, 0.29) is 12.1 Å². The lowest BCUT2D eigenvalue weighted by Gasteiger charge is -2.29. The summed E-state index contributed by atoms with van der Waals surface area (Å²) in [5, 5.41) is 22.6. The van der Waals surface area contributed by atoms with Crippen LogP contribution in [-0.4, -0.2) is 59.5 Å². The van der Waals surface area contributed by atoms with Gasteiger partial charge in [0.2, 0.25) is 11.8 Å². The van der Waals surface area contributed by atoms with Crippen molar-refractivity contribution in [1.29, 1.82) is 0 Å². The van der Waals surface area contributed by atoms with Gasteiger partial charge in [0.05, 0.1) is 24.3 Å². The third kappa shape index (κ3) is 5.15.